The maximum atomic E-state index is 10.2. The van der Waals surface area contributed by atoms with E-state index in [2.05, 4.69) is 13.8 Å². The Kier molecular flexibility index (Phi) is 7.25. The maximum absolute atomic E-state index is 10.2. The van der Waals surface area contributed by atoms with Gasteiger partial charge >= 0.3 is 0 Å². The van der Waals surface area contributed by atoms with Gasteiger partial charge in [-0.05, 0) is 19.4 Å². The van der Waals surface area contributed by atoms with Crippen LogP contribution >= 0.6 is 0 Å². The fourth-order valence-electron chi connectivity index (χ4n) is 2.93. The number of aliphatic hydroxyl groups is 4. The minimum atomic E-state index is -1.17. The molecular formula is C14H29NO4. The van der Waals surface area contributed by atoms with E-state index in [-0.39, 0.29) is 12.6 Å². The third kappa shape index (κ3) is 3.89. The van der Waals surface area contributed by atoms with Crippen molar-refractivity contribution in [3.63, 3.8) is 0 Å². The maximum Gasteiger partial charge on any atom is 0.109 e. The van der Waals surface area contributed by atoms with Crippen molar-refractivity contribution in [1.82, 2.24) is 4.90 Å². The highest BCUT2D eigenvalue weighted by molar-refractivity contribution is 5.00. The van der Waals surface area contributed by atoms with Crippen LogP contribution in [-0.2, 0) is 0 Å². The van der Waals surface area contributed by atoms with Gasteiger partial charge in [0, 0.05) is 6.04 Å². The summed E-state index contributed by atoms with van der Waals surface area (Å²) in [5, 5.41) is 39.6. The van der Waals surface area contributed by atoms with Gasteiger partial charge in [-0.25, -0.2) is 0 Å². The van der Waals surface area contributed by atoms with Gasteiger partial charge in [0.05, 0.1) is 18.8 Å². The Balaban J connectivity index is 2.84. The molecule has 0 aromatic carbocycles. The Morgan fingerprint density at radius 1 is 0.842 bits per heavy atom. The number of hydrogen-bond donors (Lipinski definition) is 4. The van der Waals surface area contributed by atoms with Crippen molar-refractivity contribution in [2.75, 3.05) is 13.2 Å². The largest absolute Gasteiger partial charge is 0.395 e. The molecule has 0 aromatic heterocycles. The predicted molar refractivity (Wildman–Crippen MR) is 73.8 cm³/mol. The van der Waals surface area contributed by atoms with Gasteiger partial charge in [-0.3, -0.25) is 4.90 Å². The van der Waals surface area contributed by atoms with Crippen molar-refractivity contribution in [1.29, 1.82) is 0 Å². The molecule has 0 amide bonds. The molecule has 1 saturated heterocycles. The molecule has 1 rings (SSSR count). The van der Waals surface area contributed by atoms with Crippen molar-refractivity contribution >= 4 is 0 Å². The monoisotopic (exact) mass is 275 g/mol. The number of aliphatic hydroxyl groups excluding tert-OH is 4. The van der Waals surface area contributed by atoms with E-state index in [1.165, 1.54) is 0 Å². The van der Waals surface area contributed by atoms with E-state index in [1.54, 1.807) is 0 Å². The molecule has 0 saturated carbocycles. The molecule has 5 heteroatoms. The Hall–Kier alpha value is -0.200. The molecule has 1 heterocycles. The molecule has 114 valence electrons. The number of likely N-dealkylation sites (tertiary alicyclic amines) is 1. The zero-order valence-electron chi connectivity index (χ0n) is 12.1. The van der Waals surface area contributed by atoms with Crippen LogP contribution in [0.25, 0.3) is 0 Å². The second-order valence-corrected chi connectivity index (χ2v) is 5.52. The normalized spacial score (nSPS) is 36.6. The molecule has 0 aromatic rings. The van der Waals surface area contributed by atoms with E-state index in [0.717, 1.165) is 38.6 Å². The van der Waals surface area contributed by atoms with Gasteiger partial charge in [0.1, 0.15) is 12.2 Å². The summed E-state index contributed by atoms with van der Waals surface area (Å²) < 4.78 is 0. The first-order chi connectivity index (χ1) is 9.08. The Morgan fingerprint density at radius 3 is 1.95 bits per heavy atom. The van der Waals surface area contributed by atoms with Crippen LogP contribution in [0.5, 0.6) is 0 Å². The van der Waals surface area contributed by atoms with Crippen LogP contribution in [0.15, 0.2) is 0 Å². The first kappa shape index (κ1) is 16.9. The smallest absolute Gasteiger partial charge is 0.109 e. The molecule has 5 nitrogen and oxygen atoms in total. The number of nitrogens with zero attached hydrogens (tertiary/aromatic N) is 1. The minimum Gasteiger partial charge on any atom is -0.395 e. The van der Waals surface area contributed by atoms with Crippen molar-refractivity contribution in [2.24, 2.45) is 0 Å². The molecule has 1 aliphatic heterocycles. The summed E-state index contributed by atoms with van der Waals surface area (Å²) in [6, 6.07) is -0.658. The summed E-state index contributed by atoms with van der Waals surface area (Å²) >= 11 is 0. The van der Waals surface area contributed by atoms with Crippen molar-refractivity contribution in [3.8, 4) is 0 Å². The molecule has 1 fully saturated rings. The summed E-state index contributed by atoms with van der Waals surface area (Å²) in [5.41, 5.74) is 0. The van der Waals surface area contributed by atoms with E-state index in [9.17, 15) is 20.4 Å². The highest BCUT2D eigenvalue weighted by atomic mass is 16.4. The molecule has 0 radical (unpaired) electrons. The summed E-state index contributed by atoms with van der Waals surface area (Å²) in [6.45, 7) is 4.70. The fourth-order valence-corrected chi connectivity index (χ4v) is 2.93. The van der Waals surface area contributed by atoms with Gasteiger partial charge in [0.2, 0.25) is 0 Å². The number of rotatable bonds is 7. The highest BCUT2D eigenvalue weighted by Gasteiger charge is 2.46. The Labute approximate surface area is 115 Å². The van der Waals surface area contributed by atoms with E-state index in [0.29, 0.717) is 0 Å². The third-order valence-electron chi connectivity index (χ3n) is 4.15. The molecule has 4 N–H and O–H groups in total. The van der Waals surface area contributed by atoms with E-state index in [4.69, 9.17) is 0 Å². The average molecular weight is 275 g/mol. The van der Waals surface area contributed by atoms with Gasteiger partial charge in [0.25, 0.3) is 0 Å². The summed E-state index contributed by atoms with van der Waals surface area (Å²) in [7, 11) is 0. The first-order valence-electron chi connectivity index (χ1n) is 7.49. The van der Waals surface area contributed by atoms with Gasteiger partial charge in [-0.2, -0.15) is 0 Å². The highest BCUT2D eigenvalue weighted by Crippen LogP contribution is 2.28. The summed E-state index contributed by atoms with van der Waals surface area (Å²) in [4.78, 5) is 1.99. The molecule has 5 atom stereocenters. The van der Waals surface area contributed by atoms with Crippen LogP contribution in [0.2, 0.25) is 0 Å². The van der Waals surface area contributed by atoms with Crippen LogP contribution in [-0.4, -0.2) is 68.9 Å². The summed E-state index contributed by atoms with van der Waals surface area (Å²) in [5.74, 6) is 0. The second kappa shape index (κ2) is 8.17. The molecular weight excluding hydrogens is 246 g/mol. The van der Waals surface area contributed by atoms with Gasteiger partial charge in [0.15, 0.2) is 0 Å². The first-order valence-corrected chi connectivity index (χ1v) is 7.49. The molecule has 19 heavy (non-hydrogen) atoms. The number of unbranched alkanes of at least 4 members (excludes halogenated alkanes) is 2. The van der Waals surface area contributed by atoms with Crippen LogP contribution in [0.4, 0.5) is 0 Å². The molecule has 0 aliphatic carbocycles. The van der Waals surface area contributed by atoms with E-state index in [1.807, 2.05) is 4.90 Å². The minimum absolute atomic E-state index is 0.179. The number of piperidine rings is 1. The van der Waals surface area contributed by atoms with Gasteiger partial charge in [-0.1, -0.05) is 33.1 Å². The Bertz CT molecular complexity index is 252. The fraction of sp³-hybridized carbons (Fsp3) is 1.00. The van der Waals surface area contributed by atoms with E-state index < -0.39 is 24.4 Å². The van der Waals surface area contributed by atoms with Gasteiger partial charge < -0.3 is 20.4 Å². The van der Waals surface area contributed by atoms with Crippen LogP contribution < -0.4 is 0 Å². The lowest BCUT2D eigenvalue weighted by Gasteiger charge is -2.49. The lowest BCUT2D eigenvalue weighted by Crippen LogP contribution is -2.67. The van der Waals surface area contributed by atoms with Crippen molar-refractivity contribution < 1.29 is 20.4 Å². The average Bonchev–Trinajstić information content (AvgIpc) is 2.42. The lowest BCUT2D eigenvalue weighted by molar-refractivity contribution is -0.172. The van der Waals surface area contributed by atoms with Crippen LogP contribution in [0.3, 0.4) is 0 Å². The SMILES string of the molecule is CCCC[C@@H]1[C@H](O)[C@@H](O)[C@H](O)[C@@H](CO)N1CCCC. The Morgan fingerprint density at radius 2 is 1.42 bits per heavy atom. The zero-order valence-corrected chi connectivity index (χ0v) is 12.1. The molecule has 0 spiro atoms. The molecule has 1 aliphatic rings. The topological polar surface area (TPSA) is 84.2 Å². The molecule has 0 unspecified atom stereocenters. The van der Waals surface area contributed by atoms with Crippen LogP contribution in [0, 0.1) is 0 Å². The van der Waals surface area contributed by atoms with Gasteiger partial charge in [-0.15, -0.1) is 0 Å². The zero-order chi connectivity index (χ0) is 14.4. The second-order valence-electron chi connectivity index (χ2n) is 5.52. The quantitative estimate of drug-likeness (QED) is 0.530. The summed E-state index contributed by atoms with van der Waals surface area (Å²) in [6.07, 6.45) is 1.53. The predicted octanol–water partition coefficient (Wildman–Crippen LogP) is 0.104. The lowest BCUT2D eigenvalue weighted by atomic mass is 9.85. The number of hydrogen-bond acceptors (Lipinski definition) is 5. The standard InChI is InChI=1S/C14H29NO4/c1-3-5-7-10-12(17)14(19)13(18)11(9-16)15(10)8-6-4-2/h10-14,16-19H,3-9H2,1-2H3/t10-,11-,12+,13-,14-/m1/s1. The molecule has 0 bridgehead atoms. The van der Waals surface area contributed by atoms with E-state index >= 15 is 0 Å². The third-order valence-corrected chi connectivity index (χ3v) is 4.15. The van der Waals surface area contributed by atoms with Crippen LogP contribution in [0.1, 0.15) is 46.0 Å². The van der Waals surface area contributed by atoms with Crippen molar-refractivity contribution in [2.45, 2.75) is 76.3 Å². The van der Waals surface area contributed by atoms with Crippen molar-refractivity contribution in [3.05, 3.63) is 0 Å².